The maximum Gasteiger partial charge on any atom is 0.289 e. The van der Waals surface area contributed by atoms with Crippen molar-refractivity contribution in [2.75, 3.05) is 6.61 Å². The van der Waals surface area contributed by atoms with E-state index in [1.165, 1.54) is 12.1 Å². The average Bonchev–Trinajstić information content (AvgIpc) is 2.20. The monoisotopic (exact) mass is 367 g/mol. The number of aliphatic hydroxyl groups excluding tert-OH is 1. The van der Waals surface area contributed by atoms with Gasteiger partial charge in [0.05, 0.1) is 6.04 Å². The highest BCUT2D eigenvalue weighted by Crippen LogP contribution is 2.30. The van der Waals surface area contributed by atoms with Gasteiger partial charge in [-0.2, -0.15) is 0 Å². The molecule has 0 bridgehead atoms. The summed E-state index contributed by atoms with van der Waals surface area (Å²) in [5.41, 5.74) is 4.91. The zero-order chi connectivity index (χ0) is 11.6. The van der Waals surface area contributed by atoms with Crippen molar-refractivity contribution in [1.82, 2.24) is 0 Å². The standard InChI is InChI=1S/C9H9F3INO.ClH/c10-7-2-1-5(13)3-6(7)8(14)9(11,12)4-15;/h1-3,8,15H,4,14H2;1H/t8-;/m0./s1. The largest absolute Gasteiger partial charge is 0.390 e. The van der Waals surface area contributed by atoms with Crippen LogP contribution in [0.1, 0.15) is 11.6 Å². The van der Waals surface area contributed by atoms with Crippen LogP contribution >= 0.6 is 35.0 Å². The number of aliphatic hydroxyl groups is 1. The molecule has 0 aromatic heterocycles. The lowest BCUT2D eigenvalue weighted by atomic mass is 10.0. The number of nitrogens with two attached hydrogens (primary N) is 1. The molecule has 16 heavy (non-hydrogen) atoms. The molecule has 1 atom stereocenters. The molecule has 0 aliphatic rings. The third-order valence-corrected chi connectivity index (χ3v) is 2.63. The molecule has 0 unspecified atom stereocenters. The fourth-order valence-corrected chi connectivity index (χ4v) is 1.59. The van der Waals surface area contributed by atoms with Crippen LogP contribution in [0.2, 0.25) is 0 Å². The Morgan fingerprint density at radius 3 is 2.50 bits per heavy atom. The van der Waals surface area contributed by atoms with Crippen LogP contribution in [0.5, 0.6) is 0 Å². The van der Waals surface area contributed by atoms with Crippen molar-refractivity contribution in [3.8, 4) is 0 Å². The van der Waals surface area contributed by atoms with E-state index >= 15 is 0 Å². The summed E-state index contributed by atoms with van der Waals surface area (Å²) in [5.74, 6) is -4.32. The first kappa shape index (κ1) is 16.0. The first-order chi connectivity index (χ1) is 6.88. The number of rotatable bonds is 3. The molecule has 0 fully saturated rings. The van der Waals surface area contributed by atoms with Crippen LogP contribution < -0.4 is 5.73 Å². The van der Waals surface area contributed by atoms with Crippen LogP contribution in [0.3, 0.4) is 0 Å². The molecular weight excluding hydrogens is 357 g/mol. The lowest BCUT2D eigenvalue weighted by Crippen LogP contribution is -2.36. The smallest absolute Gasteiger partial charge is 0.289 e. The van der Waals surface area contributed by atoms with Crippen molar-refractivity contribution in [2.24, 2.45) is 5.73 Å². The van der Waals surface area contributed by atoms with E-state index in [4.69, 9.17) is 10.8 Å². The van der Waals surface area contributed by atoms with Crippen molar-refractivity contribution in [1.29, 1.82) is 0 Å². The molecule has 0 amide bonds. The maximum absolute atomic E-state index is 13.2. The van der Waals surface area contributed by atoms with Gasteiger partial charge >= 0.3 is 0 Å². The van der Waals surface area contributed by atoms with E-state index in [0.29, 0.717) is 3.57 Å². The third-order valence-electron chi connectivity index (χ3n) is 1.96. The highest BCUT2D eigenvalue weighted by atomic mass is 127. The molecule has 92 valence electrons. The molecule has 0 saturated carbocycles. The van der Waals surface area contributed by atoms with Crippen LogP contribution in [0.25, 0.3) is 0 Å². The van der Waals surface area contributed by atoms with Gasteiger partial charge in [-0.05, 0) is 40.8 Å². The second kappa shape index (κ2) is 6.04. The molecule has 3 N–H and O–H groups in total. The van der Waals surface area contributed by atoms with Crippen LogP contribution in [0, 0.1) is 9.39 Å². The summed E-state index contributed by atoms with van der Waals surface area (Å²) in [6.45, 7) is -1.40. The predicted molar refractivity (Wildman–Crippen MR) is 65.3 cm³/mol. The first-order valence-corrected chi connectivity index (χ1v) is 5.15. The van der Waals surface area contributed by atoms with E-state index < -0.39 is 24.4 Å². The highest BCUT2D eigenvalue weighted by molar-refractivity contribution is 14.1. The van der Waals surface area contributed by atoms with Crippen LogP contribution in [-0.2, 0) is 0 Å². The van der Waals surface area contributed by atoms with Gasteiger partial charge in [0.2, 0.25) is 0 Å². The Morgan fingerprint density at radius 2 is 2.00 bits per heavy atom. The van der Waals surface area contributed by atoms with Crippen molar-refractivity contribution in [2.45, 2.75) is 12.0 Å². The topological polar surface area (TPSA) is 46.2 Å². The minimum Gasteiger partial charge on any atom is -0.390 e. The quantitative estimate of drug-likeness (QED) is 0.807. The third kappa shape index (κ3) is 3.47. The second-order valence-corrected chi connectivity index (χ2v) is 4.31. The molecule has 0 aliphatic carbocycles. The molecule has 1 aromatic rings. The van der Waals surface area contributed by atoms with E-state index in [1.54, 1.807) is 0 Å². The fourth-order valence-electron chi connectivity index (χ4n) is 1.08. The molecule has 0 saturated heterocycles. The van der Waals surface area contributed by atoms with Gasteiger partial charge in [0.25, 0.3) is 5.92 Å². The summed E-state index contributed by atoms with van der Waals surface area (Å²) < 4.78 is 39.8. The summed E-state index contributed by atoms with van der Waals surface area (Å²) in [6.07, 6.45) is 0. The van der Waals surface area contributed by atoms with Gasteiger partial charge in [-0.15, -0.1) is 12.4 Å². The zero-order valence-electron chi connectivity index (χ0n) is 7.96. The minimum absolute atomic E-state index is 0. The summed E-state index contributed by atoms with van der Waals surface area (Å²) in [4.78, 5) is 0. The molecule has 0 aliphatic heterocycles. The van der Waals surface area contributed by atoms with E-state index in [1.807, 2.05) is 22.6 Å². The van der Waals surface area contributed by atoms with Gasteiger partial charge in [0, 0.05) is 9.13 Å². The van der Waals surface area contributed by atoms with Gasteiger partial charge in [-0.25, -0.2) is 13.2 Å². The van der Waals surface area contributed by atoms with Crippen molar-refractivity contribution in [3.63, 3.8) is 0 Å². The minimum atomic E-state index is -3.52. The molecule has 2 nitrogen and oxygen atoms in total. The Balaban J connectivity index is 0.00000225. The van der Waals surface area contributed by atoms with Crippen LogP contribution in [-0.4, -0.2) is 17.6 Å². The molecule has 1 rings (SSSR count). The second-order valence-electron chi connectivity index (χ2n) is 3.06. The Bertz CT molecular complexity index is 365. The molecule has 1 aromatic carbocycles. The van der Waals surface area contributed by atoms with Crippen molar-refractivity contribution >= 4 is 35.0 Å². The number of hydrogen-bond acceptors (Lipinski definition) is 2. The van der Waals surface area contributed by atoms with Gasteiger partial charge < -0.3 is 10.8 Å². The zero-order valence-corrected chi connectivity index (χ0v) is 10.9. The normalized spacial score (nSPS) is 13.1. The number of halogens is 5. The first-order valence-electron chi connectivity index (χ1n) is 4.07. The van der Waals surface area contributed by atoms with Crippen molar-refractivity contribution in [3.05, 3.63) is 33.1 Å². The molecule has 0 radical (unpaired) electrons. The maximum atomic E-state index is 13.2. The molecule has 7 heteroatoms. The average molecular weight is 368 g/mol. The highest BCUT2D eigenvalue weighted by Gasteiger charge is 2.38. The number of hydrogen-bond donors (Lipinski definition) is 2. The fraction of sp³-hybridized carbons (Fsp3) is 0.333. The van der Waals surface area contributed by atoms with Crippen LogP contribution in [0.4, 0.5) is 13.2 Å². The summed E-state index contributed by atoms with van der Waals surface area (Å²) in [5, 5.41) is 8.43. The molecular formula is C9H10ClF3INO. The van der Waals surface area contributed by atoms with E-state index in [2.05, 4.69) is 0 Å². The Hall–Kier alpha value is -0.0500. The summed E-state index contributed by atoms with van der Waals surface area (Å²) in [6, 6.07) is 1.93. The Morgan fingerprint density at radius 1 is 1.44 bits per heavy atom. The molecule has 0 heterocycles. The van der Waals surface area contributed by atoms with Gasteiger partial charge in [0.1, 0.15) is 12.4 Å². The lowest BCUT2D eigenvalue weighted by Gasteiger charge is -2.22. The van der Waals surface area contributed by atoms with E-state index in [-0.39, 0.29) is 18.0 Å². The van der Waals surface area contributed by atoms with Crippen LogP contribution in [0.15, 0.2) is 18.2 Å². The SMILES string of the molecule is Cl.N[C@@H](c1cc(I)ccc1F)C(F)(F)CO. The number of alkyl halides is 2. The van der Waals surface area contributed by atoms with Crippen molar-refractivity contribution < 1.29 is 18.3 Å². The predicted octanol–water partition coefficient (Wildman–Crippen LogP) is 2.48. The lowest BCUT2D eigenvalue weighted by molar-refractivity contribution is -0.0718. The Labute approximate surface area is 111 Å². The van der Waals surface area contributed by atoms with Gasteiger partial charge in [-0.3, -0.25) is 0 Å². The summed E-state index contributed by atoms with van der Waals surface area (Å²) >= 11 is 1.87. The molecule has 0 spiro atoms. The summed E-state index contributed by atoms with van der Waals surface area (Å²) in [7, 11) is 0. The Kier molecular flexibility index (Phi) is 6.02. The number of benzene rings is 1. The van der Waals surface area contributed by atoms with Gasteiger partial charge in [0.15, 0.2) is 0 Å². The van der Waals surface area contributed by atoms with E-state index in [9.17, 15) is 13.2 Å². The van der Waals surface area contributed by atoms with Gasteiger partial charge in [-0.1, -0.05) is 0 Å². The van der Waals surface area contributed by atoms with E-state index in [0.717, 1.165) is 6.07 Å².